The second-order valence-electron chi connectivity index (χ2n) is 7.30. The van der Waals surface area contributed by atoms with E-state index in [2.05, 4.69) is 37.4 Å². The van der Waals surface area contributed by atoms with Gasteiger partial charge in [-0.25, -0.2) is 4.79 Å². The Bertz CT molecular complexity index is 816. The first-order valence-corrected chi connectivity index (χ1v) is 10.1. The summed E-state index contributed by atoms with van der Waals surface area (Å²) in [6, 6.07) is 13.7. The van der Waals surface area contributed by atoms with Gasteiger partial charge in [-0.2, -0.15) is 0 Å². The summed E-state index contributed by atoms with van der Waals surface area (Å²) in [5.74, 6) is 2.31. The third-order valence-electron chi connectivity index (χ3n) is 5.07. The van der Waals surface area contributed by atoms with Crippen molar-refractivity contribution in [2.75, 3.05) is 33.4 Å². The predicted molar refractivity (Wildman–Crippen MR) is 113 cm³/mol. The SMILES string of the molecule is COc1ccccc1OCCNC(=O)N1CCC(Oc2cc(C)ccc2C)CC1. The molecule has 2 amide bonds. The number of ether oxygens (including phenoxy) is 3. The molecule has 6 nitrogen and oxygen atoms in total. The Morgan fingerprint density at radius 2 is 1.79 bits per heavy atom. The van der Waals surface area contributed by atoms with E-state index in [1.165, 1.54) is 5.56 Å². The first-order valence-electron chi connectivity index (χ1n) is 10.1. The molecule has 156 valence electrons. The highest BCUT2D eigenvalue weighted by molar-refractivity contribution is 5.74. The molecule has 0 unspecified atom stereocenters. The van der Waals surface area contributed by atoms with Crippen molar-refractivity contribution in [2.45, 2.75) is 32.8 Å². The average Bonchev–Trinajstić information content (AvgIpc) is 2.74. The number of benzene rings is 2. The lowest BCUT2D eigenvalue weighted by Gasteiger charge is -2.32. The van der Waals surface area contributed by atoms with E-state index in [0.717, 1.165) is 24.2 Å². The maximum absolute atomic E-state index is 12.4. The summed E-state index contributed by atoms with van der Waals surface area (Å²) in [6.07, 6.45) is 1.81. The fraction of sp³-hybridized carbons (Fsp3) is 0.435. The van der Waals surface area contributed by atoms with Gasteiger partial charge in [-0.15, -0.1) is 0 Å². The summed E-state index contributed by atoms with van der Waals surface area (Å²) >= 11 is 0. The summed E-state index contributed by atoms with van der Waals surface area (Å²) in [5.41, 5.74) is 2.34. The standard InChI is InChI=1S/C23H30N2O4/c1-17-8-9-18(2)22(16-17)29-19-10-13-25(14-11-19)23(26)24-12-15-28-21-7-5-4-6-20(21)27-3/h4-9,16,19H,10-15H2,1-3H3,(H,24,26). The van der Waals surface area contributed by atoms with Crippen LogP contribution >= 0.6 is 0 Å². The number of rotatable bonds is 7. The number of carbonyl (C=O) groups is 1. The molecule has 0 atom stereocenters. The number of urea groups is 1. The Labute approximate surface area is 172 Å². The Morgan fingerprint density at radius 3 is 2.52 bits per heavy atom. The molecule has 1 aliphatic heterocycles. The number of carbonyl (C=O) groups excluding carboxylic acids is 1. The van der Waals surface area contributed by atoms with E-state index in [9.17, 15) is 4.79 Å². The maximum atomic E-state index is 12.4. The van der Waals surface area contributed by atoms with Gasteiger partial charge < -0.3 is 24.4 Å². The molecule has 1 aliphatic rings. The van der Waals surface area contributed by atoms with Gasteiger partial charge in [0.25, 0.3) is 0 Å². The van der Waals surface area contributed by atoms with Gasteiger partial charge in [-0.3, -0.25) is 0 Å². The number of para-hydroxylation sites is 2. The van der Waals surface area contributed by atoms with Crippen LogP contribution in [0, 0.1) is 13.8 Å². The molecule has 1 fully saturated rings. The van der Waals surface area contributed by atoms with Crippen LogP contribution in [0.2, 0.25) is 0 Å². The van der Waals surface area contributed by atoms with Crippen molar-refractivity contribution in [3.63, 3.8) is 0 Å². The van der Waals surface area contributed by atoms with E-state index in [4.69, 9.17) is 14.2 Å². The van der Waals surface area contributed by atoms with Gasteiger partial charge in [0.2, 0.25) is 0 Å². The predicted octanol–water partition coefficient (Wildman–Crippen LogP) is 3.94. The van der Waals surface area contributed by atoms with Gasteiger partial charge >= 0.3 is 6.03 Å². The Balaban J connectivity index is 1.38. The Kier molecular flexibility index (Phi) is 7.22. The van der Waals surface area contributed by atoms with Crippen LogP contribution in [0.15, 0.2) is 42.5 Å². The molecule has 6 heteroatoms. The monoisotopic (exact) mass is 398 g/mol. The van der Waals surface area contributed by atoms with Crippen LogP contribution in [0.5, 0.6) is 17.2 Å². The smallest absolute Gasteiger partial charge is 0.317 e. The van der Waals surface area contributed by atoms with Gasteiger partial charge in [-0.1, -0.05) is 24.3 Å². The van der Waals surface area contributed by atoms with Gasteiger partial charge in [0.05, 0.1) is 13.7 Å². The molecule has 1 saturated heterocycles. The van der Waals surface area contributed by atoms with E-state index in [0.29, 0.717) is 37.7 Å². The molecule has 3 rings (SSSR count). The number of amides is 2. The maximum Gasteiger partial charge on any atom is 0.317 e. The van der Waals surface area contributed by atoms with Crippen LogP contribution in [0.4, 0.5) is 4.79 Å². The van der Waals surface area contributed by atoms with E-state index in [1.54, 1.807) is 7.11 Å². The Hall–Kier alpha value is -2.89. The van der Waals surface area contributed by atoms with Crippen molar-refractivity contribution in [2.24, 2.45) is 0 Å². The minimum atomic E-state index is -0.0567. The van der Waals surface area contributed by atoms with Crippen LogP contribution in [0.25, 0.3) is 0 Å². The third-order valence-corrected chi connectivity index (χ3v) is 5.07. The lowest BCUT2D eigenvalue weighted by atomic mass is 10.1. The number of hydrogen-bond acceptors (Lipinski definition) is 4. The zero-order chi connectivity index (χ0) is 20.6. The minimum absolute atomic E-state index is 0.0567. The zero-order valence-electron chi connectivity index (χ0n) is 17.4. The summed E-state index contributed by atoms with van der Waals surface area (Å²) in [7, 11) is 1.61. The van der Waals surface area contributed by atoms with E-state index in [1.807, 2.05) is 29.2 Å². The summed E-state index contributed by atoms with van der Waals surface area (Å²) in [4.78, 5) is 14.2. The second-order valence-corrected chi connectivity index (χ2v) is 7.30. The van der Waals surface area contributed by atoms with Crippen molar-refractivity contribution >= 4 is 6.03 Å². The van der Waals surface area contributed by atoms with Crippen LogP contribution in [-0.2, 0) is 0 Å². The quantitative estimate of drug-likeness (QED) is 0.718. The van der Waals surface area contributed by atoms with Gasteiger partial charge in [-0.05, 0) is 43.2 Å². The molecule has 29 heavy (non-hydrogen) atoms. The summed E-state index contributed by atoms with van der Waals surface area (Å²) < 4.78 is 17.1. The third kappa shape index (κ3) is 5.79. The number of nitrogens with zero attached hydrogens (tertiary/aromatic N) is 1. The zero-order valence-corrected chi connectivity index (χ0v) is 17.4. The number of aryl methyl sites for hydroxylation is 2. The molecule has 2 aromatic carbocycles. The molecule has 2 aromatic rings. The molecule has 1 N–H and O–H groups in total. The van der Waals surface area contributed by atoms with Gasteiger partial charge in [0.15, 0.2) is 11.5 Å². The van der Waals surface area contributed by atoms with Crippen LogP contribution in [0.1, 0.15) is 24.0 Å². The highest BCUT2D eigenvalue weighted by Gasteiger charge is 2.24. The van der Waals surface area contributed by atoms with Crippen LogP contribution in [-0.4, -0.2) is 50.4 Å². The van der Waals surface area contributed by atoms with E-state index in [-0.39, 0.29) is 12.1 Å². The number of piperidine rings is 1. The fourth-order valence-corrected chi connectivity index (χ4v) is 3.36. The first-order chi connectivity index (χ1) is 14.1. The van der Waals surface area contributed by atoms with Gasteiger partial charge in [0.1, 0.15) is 18.5 Å². The number of nitrogens with one attached hydrogen (secondary N) is 1. The highest BCUT2D eigenvalue weighted by Crippen LogP contribution is 2.26. The molecular formula is C23H30N2O4. The average molecular weight is 399 g/mol. The topological polar surface area (TPSA) is 60.0 Å². The van der Waals surface area contributed by atoms with E-state index >= 15 is 0 Å². The summed E-state index contributed by atoms with van der Waals surface area (Å²) in [6.45, 7) is 6.33. The molecular weight excluding hydrogens is 368 g/mol. The molecule has 0 spiro atoms. The molecule has 0 saturated carbocycles. The lowest BCUT2D eigenvalue weighted by Crippen LogP contribution is -2.47. The minimum Gasteiger partial charge on any atom is -0.493 e. The second kappa shape index (κ2) is 10.0. The summed E-state index contributed by atoms with van der Waals surface area (Å²) in [5, 5.41) is 2.92. The van der Waals surface area contributed by atoms with Crippen molar-refractivity contribution in [3.05, 3.63) is 53.6 Å². The fourth-order valence-electron chi connectivity index (χ4n) is 3.36. The molecule has 0 radical (unpaired) electrons. The van der Waals surface area contributed by atoms with Crippen molar-refractivity contribution in [1.82, 2.24) is 10.2 Å². The number of hydrogen-bond donors (Lipinski definition) is 1. The lowest BCUT2D eigenvalue weighted by molar-refractivity contribution is 0.110. The molecule has 0 aliphatic carbocycles. The van der Waals surface area contributed by atoms with Gasteiger partial charge in [0, 0.05) is 25.9 Å². The molecule has 1 heterocycles. The van der Waals surface area contributed by atoms with Crippen LogP contribution in [0.3, 0.4) is 0 Å². The van der Waals surface area contributed by atoms with E-state index < -0.39 is 0 Å². The number of likely N-dealkylation sites (tertiary alicyclic amines) is 1. The van der Waals surface area contributed by atoms with Crippen molar-refractivity contribution in [1.29, 1.82) is 0 Å². The van der Waals surface area contributed by atoms with Crippen molar-refractivity contribution in [3.8, 4) is 17.2 Å². The molecule has 0 aromatic heterocycles. The largest absolute Gasteiger partial charge is 0.493 e. The molecule has 0 bridgehead atoms. The highest BCUT2D eigenvalue weighted by atomic mass is 16.5. The van der Waals surface area contributed by atoms with Crippen molar-refractivity contribution < 1.29 is 19.0 Å². The normalized spacial score (nSPS) is 14.4. The first kappa shape index (κ1) is 20.8. The Morgan fingerprint density at radius 1 is 1.07 bits per heavy atom. The van der Waals surface area contributed by atoms with Crippen LogP contribution < -0.4 is 19.5 Å². The number of methoxy groups -OCH3 is 1.